The number of carbonyl (C=O) groups is 2. The summed E-state index contributed by atoms with van der Waals surface area (Å²) in [6, 6.07) is 3.28. The van der Waals surface area contributed by atoms with E-state index in [4.69, 9.17) is 0 Å². The van der Waals surface area contributed by atoms with Crippen LogP contribution < -0.4 is 0 Å². The third-order valence-corrected chi connectivity index (χ3v) is 7.86. The maximum absolute atomic E-state index is 12.7. The van der Waals surface area contributed by atoms with E-state index in [2.05, 4.69) is 22.5 Å². The van der Waals surface area contributed by atoms with Gasteiger partial charge in [0.15, 0.2) is 0 Å². The summed E-state index contributed by atoms with van der Waals surface area (Å²) in [6.45, 7) is 4.72. The summed E-state index contributed by atoms with van der Waals surface area (Å²) in [6.07, 6.45) is 1.71. The fourth-order valence-corrected chi connectivity index (χ4v) is 6.12. The van der Waals surface area contributed by atoms with Gasteiger partial charge in [0.2, 0.25) is 11.8 Å². The molecule has 2 heterocycles. The molecule has 1 aliphatic heterocycles. The van der Waals surface area contributed by atoms with Crippen LogP contribution in [0.25, 0.3) is 0 Å². The first-order valence-electron chi connectivity index (χ1n) is 7.66. The van der Waals surface area contributed by atoms with Crippen molar-refractivity contribution >= 4 is 49.1 Å². The second kappa shape index (κ2) is 8.43. The number of thiophene rings is 1. The number of hydrogen-bond donors (Lipinski definition) is 0. The smallest absolute Gasteiger partial charge is 0.252 e. The van der Waals surface area contributed by atoms with Crippen LogP contribution in [0.3, 0.4) is 0 Å². The molecule has 2 rings (SSSR count). The molecule has 138 valence electrons. The van der Waals surface area contributed by atoms with Gasteiger partial charge in [-0.15, -0.1) is 11.3 Å². The largest absolute Gasteiger partial charge is 0.340 e. The number of halogens is 1. The number of nitrogens with zero attached hydrogens (tertiary/aromatic N) is 3. The summed E-state index contributed by atoms with van der Waals surface area (Å²) >= 11 is 4.45. The van der Waals surface area contributed by atoms with Crippen LogP contribution in [0.2, 0.25) is 0 Å². The van der Waals surface area contributed by atoms with Gasteiger partial charge < -0.3 is 9.80 Å². The predicted octanol–water partition coefficient (Wildman–Crippen LogP) is 1.38. The van der Waals surface area contributed by atoms with Crippen molar-refractivity contribution in [3.8, 4) is 0 Å². The number of carbonyl (C=O) groups excluding carboxylic acids is 2. The van der Waals surface area contributed by atoms with Gasteiger partial charge in [0, 0.05) is 33.2 Å². The molecule has 0 aliphatic carbocycles. The van der Waals surface area contributed by atoms with Gasteiger partial charge in [-0.2, -0.15) is 4.31 Å². The fourth-order valence-electron chi connectivity index (χ4n) is 2.48. The van der Waals surface area contributed by atoms with E-state index < -0.39 is 10.0 Å². The molecular weight excluding hydrogens is 430 g/mol. The Bertz CT molecular complexity index is 763. The van der Waals surface area contributed by atoms with Crippen molar-refractivity contribution in [3.63, 3.8) is 0 Å². The highest BCUT2D eigenvalue weighted by atomic mass is 79.9. The van der Waals surface area contributed by atoms with Gasteiger partial charge in [-0.25, -0.2) is 8.42 Å². The number of amides is 2. The van der Waals surface area contributed by atoms with E-state index in [1.807, 2.05) is 0 Å². The molecule has 1 aromatic rings. The zero-order valence-corrected chi connectivity index (χ0v) is 17.1. The molecule has 1 aliphatic rings. The molecule has 1 fully saturated rings. The monoisotopic (exact) mass is 449 g/mol. The zero-order valence-electron chi connectivity index (χ0n) is 13.9. The molecule has 0 spiro atoms. The molecule has 0 N–H and O–H groups in total. The van der Waals surface area contributed by atoms with Crippen molar-refractivity contribution in [1.82, 2.24) is 14.1 Å². The van der Waals surface area contributed by atoms with Gasteiger partial charge in [-0.3, -0.25) is 9.59 Å². The lowest BCUT2D eigenvalue weighted by Crippen LogP contribution is -2.42. The summed E-state index contributed by atoms with van der Waals surface area (Å²) in [5.74, 6) is -0.522. The van der Waals surface area contributed by atoms with E-state index >= 15 is 0 Å². The van der Waals surface area contributed by atoms with Crippen LogP contribution in [0.5, 0.6) is 0 Å². The van der Waals surface area contributed by atoms with E-state index in [-0.39, 0.29) is 29.1 Å². The van der Waals surface area contributed by atoms with Crippen molar-refractivity contribution < 1.29 is 18.0 Å². The lowest BCUT2D eigenvalue weighted by atomic mass is 10.3. The predicted molar refractivity (Wildman–Crippen MR) is 99.8 cm³/mol. The first-order valence-corrected chi connectivity index (χ1v) is 10.7. The topological polar surface area (TPSA) is 78.0 Å². The Morgan fingerprint density at radius 1 is 1.32 bits per heavy atom. The van der Waals surface area contributed by atoms with Crippen LogP contribution in [0.1, 0.15) is 6.42 Å². The lowest BCUT2D eigenvalue weighted by molar-refractivity contribution is -0.137. The molecule has 0 radical (unpaired) electrons. The molecule has 0 unspecified atom stereocenters. The van der Waals surface area contributed by atoms with Gasteiger partial charge in [0.1, 0.15) is 4.21 Å². The summed E-state index contributed by atoms with van der Waals surface area (Å²) in [5, 5.41) is 0. The zero-order chi connectivity index (χ0) is 18.6. The summed E-state index contributed by atoms with van der Waals surface area (Å²) in [7, 11) is -2.02. The standard InChI is InChI=1S/C15H20BrN3O4S2/c1-3-13(20)17(2)11-14(21)18-7-4-8-19(10-9-18)25(22,23)15-6-5-12(16)24-15/h3,5-6H,1,4,7-11H2,2H3. The van der Waals surface area contributed by atoms with Gasteiger partial charge >= 0.3 is 0 Å². The van der Waals surface area contributed by atoms with Crippen molar-refractivity contribution in [1.29, 1.82) is 0 Å². The van der Waals surface area contributed by atoms with Crippen molar-refractivity contribution in [2.75, 3.05) is 39.8 Å². The normalized spacial score (nSPS) is 16.3. The van der Waals surface area contributed by atoms with E-state index in [0.29, 0.717) is 26.1 Å². The summed E-state index contributed by atoms with van der Waals surface area (Å²) in [4.78, 5) is 26.7. The summed E-state index contributed by atoms with van der Waals surface area (Å²) in [5.41, 5.74) is 0. The molecule has 1 saturated heterocycles. The fraction of sp³-hybridized carbons (Fsp3) is 0.467. The number of likely N-dealkylation sites (N-methyl/N-ethyl adjacent to an activating group) is 1. The Kier molecular flexibility index (Phi) is 6.78. The highest BCUT2D eigenvalue weighted by molar-refractivity contribution is 9.11. The van der Waals surface area contributed by atoms with Gasteiger partial charge in [0.05, 0.1) is 10.3 Å². The molecule has 25 heavy (non-hydrogen) atoms. The lowest BCUT2D eigenvalue weighted by Gasteiger charge is -2.24. The molecule has 0 saturated carbocycles. The molecule has 0 aromatic carbocycles. The van der Waals surface area contributed by atoms with Crippen LogP contribution in [0.15, 0.2) is 32.8 Å². The third kappa shape index (κ3) is 4.90. The molecule has 7 nitrogen and oxygen atoms in total. The van der Waals surface area contributed by atoms with Crippen molar-refractivity contribution in [3.05, 3.63) is 28.6 Å². The molecule has 0 atom stereocenters. The first-order chi connectivity index (χ1) is 11.8. The number of sulfonamides is 1. The van der Waals surface area contributed by atoms with E-state index in [9.17, 15) is 18.0 Å². The van der Waals surface area contributed by atoms with Crippen LogP contribution in [-0.2, 0) is 19.6 Å². The van der Waals surface area contributed by atoms with Crippen molar-refractivity contribution in [2.45, 2.75) is 10.6 Å². The Morgan fingerprint density at radius 3 is 2.64 bits per heavy atom. The number of rotatable bonds is 5. The Morgan fingerprint density at radius 2 is 2.04 bits per heavy atom. The Hall–Kier alpha value is -1.23. The second-order valence-corrected chi connectivity index (χ2v) is 10.2. The summed E-state index contributed by atoms with van der Waals surface area (Å²) < 4.78 is 27.8. The maximum Gasteiger partial charge on any atom is 0.252 e. The number of hydrogen-bond acceptors (Lipinski definition) is 5. The van der Waals surface area contributed by atoms with Gasteiger partial charge in [0.25, 0.3) is 10.0 Å². The van der Waals surface area contributed by atoms with Crippen molar-refractivity contribution in [2.24, 2.45) is 0 Å². The SMILES string of the molecule is C=CC(=O)N(C)CC(=O)N1CCCN(S(=O)(=O)c2ccc(Br)s2)CC1. The average molecular weight is 450 g/mol. The molecular formula is C15H20BrN3O4S2. The Labute approximate surface area is 160 Å². The second-order valence-electron chi connectivity index (χ2n) is 5.60. The van der Waals surface area contributed by atoms with E-state index in [1.54, 1.807) is 17.0 Å². The van der Waals surface area contributed by atoms with Gasteiger partial charge in [-0.1, -0.05) is 6.58 Å². The third-order valence-electron chi connectivity index (χ3n) is 3.87. The molecule has 2 amide bonds. The van der Waals surface area contributed by atoms with Crippen LogP contribution in [0.4, 0.5) is 0 Å². The molecule has 0 bridgehead atoms. The van der Waals surface area contributed by atoms with Crippen LogP contribution >= 0.6 is 27.3 Å². The van der Waals surface area contributed by atoms with Gasteiger partial charge in [-0.05, 0) is 40.6 Å². The van der Waals surface area contributed by atoms with Crippen LogP contribution in [-0.4, -0.2) is 74.1 Å². The maximum atomic E-state index is 12.7. The molecule has 10 heteroatoms. The average Bonchev–Trinajstić information content (AvgIpc) is 2.86. The van der Waals surface area contributed by atoms with E-state index in [0.717, 1.165) is 9.86 Å². The quantitative estimate of drug-likeness (QED) is 0.636. The highest BCUT2D eigenvalue weighted by Gasteiger charge is 2.29. The minimum Gasteiger partial charge on any atom is -0.340 e. The first kappa shape index (κ1) is 20.1. The van der Waals surface area contributed by atoms with E-state index in [1.165, 1.54) is 27.6 Å². The minimum atomic E-state index is -3.55. The minimum absolute atomic E-state index is 0.0462. The highest BCUT2D eigenvalue weighted by Crippen LogP contribution is 2.28. The molecule has 1 aromatic heterocycles. The van der Waals surface area contributed by atoms with Crippen LogP contribution in [0, 0.1) is 0 Å². The Balaban J connectivity index is 2.01.